The number of amides is 1. The second-order valence-electron chi connectivity index (χ2n) is 7.50. The fourth-order valence-electron chi connectivity index (χ4n) is 4.29. The van der Waals surface area contributed by atoms with Crippen LogP contribution in [0.25, 0.3) is 0 Å². The molecule has 1 unspecified atom stereocenters. The van der Waals surface area contributed by atoms with Crippen molar-refractivity contribution >= 4 is 5.91 Å². The van der Waals surface area contributed by atoms with E-state index in [1.165, 1.54) is 5.56 Å². The van der Waals surface area contributed by atoms with Crippen LogP contribution in [0, 0.1) is 25.7 Å². The molecule has 0 spiro atoms. The number of hydrogen-bond acceptors (Lipinski definition) is 4. The molecule has 1 aromatic rings. The SMILES string of the molecule is CCN(CC)C(=O)[C@@H](C)C1CCc2c(C)cc(OCCOC)c(C)c2[C@@H]1O. The summed E-state index contributed by atoms with van der Waals surface area (Å²) >= 11 is 0. The Morgan fingerprint density at radius 1 is 1.30 bits per heavy atom. The molecule has 1 amide bonds. The van der Waals surface area contributed by atoms with Crippen molar-refractivity contribution < 1.29 is 19.4 Å². The Morgan fingerprint density at radius 2 is 1.96 bits per heavy atom. The van der Waals surface area contributed by atoms with Gasteiger partial charge in [-0.3, -0.25) is 4.79 Å². The van der Waals surface area contributed by atoms with Crippen LogP contribution in [0.15, 0.2) is 6.07 Å². The lowest BCUT2D eigenvalue weighted by Gasteiger charge is -2.37. The summed E-state index contributed by atoms with van der Waals surface area (Å²) in [5.74, 6) is 0.656. The van der Waals surface area contributed by atoms with E-state index >= 15 is 0 Å². The fraction of sp³-hybridized carbons (Fsp3) is 0.682. The number of aliphatic hydroxyl groups is 1. The van der Waals surface area contributed by atoms with Gasteiger partial charge in [-0.25, -0.2) is 0 Å². The minimum atomic E-state index is -0.645. The predicted octanol–water partition coefficient (Wildman–Crippen LogP) is 3.43. The van der Waals surface area contributed by atoms with Crippen molar-refractivity contribution in [1.82, 2.24) is 4.90 Å². The lowest BCUT2D eigenvalue weighted by atomic mass is 9.72. The largest absolute Gasteiger partial charge is 0.491 e. The molecular weight excluding hydrogens is 342 g/mol. The molecule has 0 heterocycles. The molecule has 1 aromatic carbocycles. The standard InChI is InChI=1S/C22H35NO4/c1-7-23(8-2)22(25)15(4)18-10-9-17-14(3)13-19(27-12-11-26-6)16(5)20(17)21(18)24/h13,15,18,21,24H,7-12H2,1-6H3/t15-,18?,21+/m0/s1. The molecule has 0 bridgehead atoms. The molecule has 1 aliphatic rings. The van der Waals surface area contributed by atoms with Gasteiger partial charge in [-0.05, 0) is 68.9 Å². The minimum Gasteiger partial charge on any atom is -0.491 e. The summed E-state index contributed by atoms with van der Waals surface area (Å²) in [6, 6.07) is 2.06. The van der Waals surface area contributed by atoms with Crippen LogP contribution in [-0.4, -0.2) is 49.3 Å². The number of hydrogen-bond donors (Lipinski definition) is 1. The first-order chi connectivity index (χ1) is 12.9. The van der Waals surface area contributed by atoms with E-state index in [2.05, 4.69) is 13.0 Å². The first kappa shape index (κ1) is 21.7. The van der Waals surface area contributed by atoms with Gasteiger partial charge in [0.2, 0.25) is 5.91 Å². The van der Waals surface area contributed by atoms with E-state index in [1.807, 2.05) is 32.6 Å². The van der Waals surface area contributed by atoms with Gasteiger partial charge in [-0.15, -0.1) is 0 Å². The number of aliphatic hydroxyl groups excluding tert-OH is 1. The summed E-state index contributed by atoms with van der Waals surface area (Å²) in [6.07, 6.45) is 1.07. The van der Waals surface area contributed by atoms with Crippen LogP contribution in [0.4, 0.5) is 0 Å². The Kier molecular flexibility index (Phi) is 7.68. The zero-order chi connectivity index (χ0) is 20.1. The lowest BCUT2D eigenvalue weighted by Crippen LogP contribution is -2.40. The molecule has 0 saturated carbocycles. The Morgan fingerprint density at radius 3 is 2.56 bits per heavy atom. The van der Waals surface area contributed by atoms with Gasteiger partial charge < -0.3 is 19.5 Å². The van der Waals surface area contributed by atoms with Gasteiger partial charge in [0.15, 0.2) is 0 Å². The molecule has 152 valence electrons. The maximum absolute atomic E-state index is 12.8. The van der Waals surface area contributed by atoms with E-state index in [0.29, 0.717) is 26.3 Å². The Hall–Kier alpha value is -1.59. The third-order valence-electron chi connectivity index (χ3n) is 6.00. The molecule has 0 radical (unpaired) electrons. The molecule has 1 aliphatic carbocycles. The molecule has 0 fully saturated rings. The number of methoxy groups -OCH3 is 1. The van der Waals surface area contributed by atoms with Gasteiger partial charge in [-0.2, -0.15) is 0 Å². The molecule has 0 aliphatic heterocycles. The predicted molar refractivity (Wildman–Crippen MR) is 107 cm³/mol. The Labute approximate surface area is 163 Å². The normalized spacial score (nSPS) is 20.1. The Bertz CT molecular complexity index is 654. The maximum Gasteiger partial charge on any atom is 0.225 e. The second kappa shape index (κ2) is 9.56. The van der Waals surface area contributed by atoms with Gasteiger partial charge in [0, 0.05) is 32.0 Å². The second-order valence-corrected chi connectivity index (χ2v) is 7.50. The zero-order valence-electron chi connectivity index (χ0n) is 17.7. The van der Waals surface area contributed by atoms with Crippen molar-refractivity contribution in [2.24, 2.45) is 11.8 Å². The van der Waals surface area contributed by atoms with Gasteiger partial charge in [0.25, 0.3) is 0 Å². The van der Waals surface area contributed by atoms with Gasteiger partial charge >= 0.3 is 0 Å². The monoisotopic (exact) mass is 377 g/mol. The molecule has 0 aromatic heterocycles. The van der Waals surface area contributed by atoms with E-state index < -0.39 is 6.10 Å². The molecule has 27 heavy (non-hydrogen) atoms. The highest BCUT2D eigenvalue weighted by Crippen LogP contribution is 2.44. The van der Waals surface area contributed by atoms with Crippen LogP contribution in [0.3, 0.4) is 0 Å². The van der Waals surface area contributed by atoms with E-state index in [1.54, 1.807) is 7.11 Å². The number of rotatable bonds is 8. The molecular formula is C22H35NO4. The molecule has 5 heteroatoms. The van der Waals surface area contributed by atoms with Crippen molar-refractivity contribution in [3.05, 3.63) is 28.3 Å². The summed E-state index contributed by atoms with van der Waals surface area (Å²) in [5, 5.41) is 11.2. The van der Waals surface area contributed by atoms with Crippen molar-refractivity contribution in [1.29, 1.82) is 0 Å². The number of aryl methyl sites for hydroxylation is 1. The average molecular weight is 378 g/mol. The van der Waals surface area contributed by atoms with Gasteiger partial charge in [0.05, 0.1) is 12.7 Å². The van der Waals surface area contributed by atoms with Crippen molar-refractivity contribution in [2.45, 2.75) is 53.6 Å². The number of benzene rings is 1. The maximum atomic E-state index is 12.8. The first-order valence-corrected chi connectivity index (χ1v) is 10.1. The zero-order valence-corrected chi connectivity index (χ0v) is 17.7. The molecule has 5 nitrogen and oxygen atoms in total. The quantitative estimate of drug-likeness (QED) is 0.705. The minimum absolute atomic E-state index is 0.0714. The lowest BCUT2D eigenvalue weighted by molar-refractivity contribution is -0.138. The highest BCUT2D eigenvalue weighted by atomic mass is 16.5. The summed E-state index contributed by atoms with van der Waals surface area (Å²) in [6.45, 7) is 12.4. The van der Waals surface area contributed by atoms with Crippen LogP contribution in [0.1, 0.15) is 55.5 Å². The summed E-state index contributed by atoms with van der Waals surface area (Å²) in [5.41, 5.74) is 4.28. The number of carbonyl (C=O) groups is 1. The fourth-order valence-corrected chi connectivity index (χ4v) is 4.29. The van der Waals surface area contributed by atoms with Crippen molar-refractivity contribution in [2.75, 3.05) is 33.4 Å². The van der Waals surface area contributed by atoms with Crippen molar-refractivity contribution in [3.8, 4) is 5.75 Å². The average Bonchev–Trinajstić information content (AvgIpc) is 2.66. The number of carbonyl (C=O) groups excluding carboxylic acids is 1. The number of nitrogens with zero attached hydrogens (tertiary/aromatic N) is 1. The van der Waals surface area contributed by atoms with Crippen LogP contribution < -0.4 is 4.74 Å². The smallest absolute Gasteiger partial charge is 0.225 e. The first-order valence-electron chi connectivity index (χ1n) is 10.1. The van der Waals surface area contributed by atoms with Gasteiger partial charge in [0.1, 0.15) is 12.4 Å². The van der Waals surface area contributed by atoms with Crippen LogP contribution in [-0.2, 0) is 16.0 Å². The van der Waals surface area contributed by atoms with E-state index in [9.17, 15) is 9.90 Å². The highest BCUT2D eigenvalue weighted by molar-refractivity contribution is 5.79. The molecule has 1 N–H and O–H groups in total. The van der Waals surface area contributed by atoms with Crippen LogP contribution >= 0.6 is 0 Å². The summed E-state index contributed by atoms with van der Waals surface area (Å²) in [4.78, 5) is 14.7. The van der Waals surface area contributed by atoms with E-state index in [4.69, 9.17) is 9.47 Å². The van der Waals surface area contributed by atoms with Gasteiger partial charge in [-0.1, -0.05) is 6.92 Å². The molecule has 0 saturated heterocycles. The summed E-state index contributed by atoms with van der Waals surface area (Å²) < 4.78 is 10.9. The number of fused-ring (bicyclic) bond motifs is 1. The van der Waals surface area contributed by atoms with E-state index in [0.717, 1.165) is 35.3 Å². The number of ether oxygens (including phenoxy) is 2. The van der Waals surface area contributed by atoms with E-state index in [-0.39, 0.29) is 17.7 Å². The third-order valence-corrected chi connectivity index (χ3v) is 6.00. The summed E-state index contributed by atoms with van der Waals surface area (Å²) in [7, 11) is 1.65. The van der Waals surface area contributed by atoms with Crippen LogP contribution in [0.5, 0.6) is 5.75 Å². The topological polar surface area (TPSA) is 59.0 Å². The molecule has 2 rings (SSSR count). The third kappa shape index (κ3) is 4.46. The van der Waals surface area contributed by atoms with Crippen molar-refractivity contribution in [3.63, 3.8) is 0 Å². The Balaban J connectivity index is 2.31. The molecule has 3 atom stereocenters. The van der Waals surface area contributed by atoms with Crippen LogP contribution in [0.2, 0.25) is 0 Å². The highest BCUT2D eigenvalue weighted by Gasteiger charge is 2.38.